The average Bonchev–Trinajstić information content (AvgIpc) is 2.60. The Hall–Kier alpha value is -3.22. The largest absolute Gasteiger partial charge is 0.457 e. The second-order valence-corrected chi connectivity index (χ2v) is 5.72. The van der Waals surface area contributed by atoms with Crippen molar-refractivity contribution in [3.63, 3.8) is 0 Å². The van der Waals surface area contributed by atoms with Crippen molar-refractivity contribution < 1.29 is 19.2 Å². The molecule has 0 aliphatic carbocycles. The molecular weight excluding hydrogens is 324 g/mol. The van der Waals surface area contributed by atoms with Crippen LogP contribution in [0, 0.1) is 16.0 Å². The Morgan fingerprint density at radius 1 is 1.16 bits per heavy atom. The van der Waals surface area contributed by atoms with Gasteiger partial charge in [-0.3, -0.25) is 14.9 Å². The number of anilines is 1. The lowest BCUT2D eigenvalue weighted by Crippen LogP contribution is -2.18. The van der Waals surface area contributed by atoms with Gasteiger partial charge in [0.05, 0.1) is 10.5 Å². The maximum atomic E-state index is 12.1. The Bertz CT molecular complexity index is 784. The lowest BCUT2D eigenvalue weighted by Gasteiger charge is -2.09. The molecule has 0 spiro atoms. The van der Waals surface area contributed by atoms with E-state index in [1.54, 1.807) is 38.1 Å². The quantitative estimate of drug-likeness (QED) is 0.492. The first-order valence-corrected chi connectivity index (χ1v) is 7.68. The van der Waals surface area contributed by atoms with Crippen molar-refractivity contribution >= 4 is 23.3 Å². The number of nitro benzene ring substituents is 1. The van der Waals surface area contributed by atoms with Crippen LogP contribution in [0.3, 0.4) is 0 Å². The average molecular weight is 342 g/mol. The molecule has 2 rings (SSSR count). The molecular formula is C18H18N2O5. The van der Waals surface area contributed by atoms with Crippen LogP contribution in [0.1, 0.15) is 29.8 Å². The van der Waals surface area contributed by atoms with Gasteiger partial charge in [0.15, 0.2) is 0 Å². The van der Waals surface area contributed by atoms with Gasteiger partial charge in [0.25, 0.3) is 5.69 Å². The summed E-state index contributed by atoms with van der Waals surface area (Å²) in [5, 5.41) is 13.3. The summed E-state index contributed by atoms with van der Waals surface area (Å²) >= 11 is 0. The van der Waals surface area contributed by atoms with E-state index in [1.165, 1.54) is 24.3 Å². The van der Waals surface area contributed by atoms with E-state index in [1.807, 2.05) is 0 Å². The normalized spacial score (nSPS) is 10.4. The number of carbonyl (C=O) groups excluding carboxylic acids is 2. The van der Waals surface area contributed by atoms with Gasteiger partial charge >= 0.3 is 5.97 Å². The van der Waals surface area contributed by atoms with E-state index in [0.717, 1.165) is 0 Å². The van der Waals surface area contributed by atoms with Crippen LogP contribution in [-0.4, -0.2) is 16.8 Å². The zero-order chi connectivity index (χ0) is 18.4. The SMILES string of the molecule is CC(C)C(=O)Nc1cccc(C(=O)OCc2ccc([N+](=O)[O-])cc2)c1. The topological polar surface area (TPSA) is 98.5 Å². The van der Waals surface area contributed by atoms with Gasteiger partial charge in [0.2, 0.25) is 5.91 Å². The van der Waals surface area contributed by atoms with Crippen molar-refractivity contribution in [1.29, 1.82) is 0 Å². The van der Waals surface area contributed by atoms with E-state index < -0.39 is 10.9 Å². The predicted octanol–water partition coefficient (Wildman–Crippen LogP) is 3.55. The number of nitro groups is 1. The summed E-state index contributed by atoms with van der Waals surface area (Å²) in [6.45, 7) is 3.55. The van der Waals surface area contributed by atoms with Gasteiger partial charge in [-0.05, 0) is 35.9 Å². The van der Waals surface area contributed by atoms with Crippen molar-refractivity contribution in [2.75, 3.05) is 5.32 Å². The van der Waals surface area contributed by atoms with Crippen LogP contribution in [0.15, 0.2) is 48.5 Å². The first-order chi connectivity index (χ1) is 11.9. The third kappa shape index (κ3) is 5.13. The number of nitrogens with zero attached hydrogens (tertiary/aromatic N) is 1. The predicted molar refractivity (Wildman–Crippen MR) is 92.1 cm³/mol. The summed E-state index contributed by atoms with van der Waals surface area (Å²) in [4.78, 5) is 33.9. The molecule has 2 aromatic rings. The number of non-ortho nitro benzene ring substituents is 1. The van der Waals surface area contributed by atoms with Crippen LogP contribution >= 0.6 is 0 Å². The van der Waals surface area contributed by atoms with Gasteiger partial charge < -0.3 is 10.1 Å². The number of ether oxygens (including phenoxy) is 1. The molecule has 7 heteroatoms. The zero-order valence-corrected chi connectivity index (χ0v) is 13.9. The smallest absolute Gasteiger partial charge is 0.338 e. The molecule has 1 amide bonds. The lowest BCUT2D eigenvalue weighted by atomic mass is 10.1. The number of benzene rings is 2. The molecule has 2 aromatic carbocycles. The third-order valence-electron chi connectivity index (χ3n) is 3.41. The van der Waals surface area contributed by atoms with Crippen LogP contribution in [0.2, 0.25) is 0 Å². The molecule has 0 saturated carbocycles. The number of hydrogen-bond donors (Lipinski definition) is 1. The van der Waals surface area contributed by atoms with Gasteiger partial charge in [-0.25, -0.2) is 4.79 Å². The fourth-order valence-corrected chi connectivity index (χ4v) is 1.96. The molecule has 0 saturated heterocycles. The summed E-state index contributed by atoms with van der Waals surface area (Å²) in [6, 6.07) is 12.2. The molecule has 0 heterocycles. The van der Waals surface area contributed by atoms with Crippen molar-refractivity contribution in [2.24, 2.45) is 5.92 Å². The van der Waals surface area contributed by atoms with Crippen molar-refractivity contribution in [3.8, 4) is 0 Å². The number of esters is 1. The molecule has 0 fully saturated rings. The minimum absolute atomic E-state index is 0.000587. The summed E-state index contributed by atoms with van der Waals surface area (Å²) < 4.78 is 5.20. The Morgan fingerprint density at radius 3 is 2.44 bits per heavy atom. The molecule has 0 bridgehead atoms. The van der Waals surface area contributed by atoms with E-state index in [-0.39, 0.29) is 24.1 Å². The molecule has 0 aliphatic heterocycles. The van der Waals surface area contributed by atoms with Crippen molar-refractivity contribution in [1.82, 2.24) is 0 Å². The summed E-state index contributed by atoms with van der Waals surface area (Å²) in [7, 11) is 0. The molecule has 130 valence electrons. The van der Waals surface area contributed by atoms with Crippen LogP contribution in [-0.2, 0) is 16.1 Å². The van der Waals surface area contributed by atoms with E-state index in [0.29, 0.717) is 16.8 Å². The molecule has 0 atom stereocenters. The molecule has 1 N–H and O–H groups in total. The minimum atomic E-state index is -0.543. The zero-order valence-electron chi connectivity index (χ0n) is 13.9. The number of carbonyl (C=O) groups is 2. The standard InChI is InChI=1S/C18H18N2O5/c1-12(2)17(21)19-15-5-3-4-14(10-15)18(22)25-11-13-6-8-16(9-7-13)20(23)24/h3-10,12H,11H2,1-2H3,(H,19,21). The summed E-state index contributed by atoms with van der Waals surface area (Å²) in [5.41, 5.74) is 1.44. The Kier molecular flexibility index (Phi) is 5.84. The lowest BCUT2D eigenvalue weighted by molar-refractivity contribution is -0.384. The van der Waals surface area contributed by atoms with E-state index in [9.17, 15) is 19.7 Å². The minimum Gasteiger partial charge on any atom is -0.457 e. The van der Waals surface area contributed by atoms with E-state index in [4.69, 9.17) is 4.74 Å². The molecule has 0 unspecified atom stereocenters. The molecule has 0 radical (unpaired) electrons. The Labute approximate surface area is 144 Å². The van der Waals surface area contributed by atoms with Gasteiger partial charge in [-0.1, -0.05) is 19.9 Å². The van der Waals surface area contributed by atoms with Crippen LogP contribution in [0.5, 0.6) is 0 Å². The fraction of sp³-hybridized carbons (Fsp3) is 0.222. The third-order valence-corrected chi connectivity index (χ3v) is 3.41. The highest BCUT2D eigenvalue weighted by Gasteiger charge is 2.11. The number of hydrogen-bond acceptors (Lipinski definition) is 5. The van der Waals surface area contributed by atoms with Gasteiger partial charge in [-0.15, -0.1) is 0 Å². The van der Waals surface area contributed by atoms with Crippen molar-refractivity contribution in [2.45, 2.75) is 20.5 Å². The first-order valence-electron chi connectivity index (χ1n) is 7.68. The first kappa shape index (κ1) is 18.1. The van der Waals surface area contributed by atoms with Gasteiger partial charge in [0, 0.05) is 23.7 Å². The van der Waals surface area contributed by atoms with E-state index in [2.05, 4.69) is 5.32 Å². The molecule has 0 aliphatic rings. The van der Waals surface area contributed by atoms with Gasteiger partial charge in [-0.2, -0.15) is 0 Å². The number of rotatable bonds is 6. The maximum Gasteiger partial charge on any atom is 0.338 e. The fourth-order valence-electron chi connectivity index (χ4n) is 1.96. The van der Waals surface area contributed by atoms with Crippen molar-refractivity contribution in [3.05, 3.63) is 69.8 Å². The molecule has 0 aromatic heterocycles. The molecule has 7 nitrogen and oxygen atoms in total. The summed E-state index contributed by atoms with van der Waals surface area (Å²) in [5.74, 6) is -0.854. The Morgan fingerprint density at radius 2 is 1.84 bits per heavy atom. The highest BCUT2D eigenvalue weighted by molar-refractivity contribution is 5.95. The van der Waals surface area contributed by atoms with E-state index >= 15 is 0 Å². The van der Waals surface area contributed by atoms with Crippen LogP contribution in [0.25, 0.3) is 0 Å². The second-order valence-electron chi connectivity index (χ2n) is 5.72. The van der Waals surface area contributed by atoms with Crippen LogP contribution in [0.4, 0.5) is 11.4 Å². The Balaban J connectivity index is 1.98. The second kappa shape index (κ2) is 8.05. The highest BCUT2D eigenvalue weighted by atomic mass is 16.6. The van der Waals surface area contributed by atoms with Crippen LogP contribution < -0.4 is 5.32 Å². The highest BCUT2D eigenvalue weighted by Crippen LogP contribution is 2.15. The maximum absolute atomic E-state index is 12.1. The number of amides is 1. The molecule has 25 heavy (non-hydrogen) atoms. The monoisotopic (exact) mass is 342 g/mol. The van der Waals surface area contributed by atoms with Gasteiger partial charge in [0.1, 0.15) is 6.61 Å². The summed E-state index contributed by atoms with van der Waals surface area (Å²) in [6.07, 6.45) is 0. The number of nitrogens with one attached hydrogen (secondary N) is 1.